The number of carboxylic acid groups (broad SMARTS) is 1. The molecule has 0 spiro atoms. The van der Waals surface area contributed by atoms with Gasteiger partial charge in [-0.1, -0.05) is 24.3 Å². The maximum atomic E-state index is 12.3. The minimum absolute atomic E-state index is 0.0788. The van der Waals surface area contributed by atoms with Crippen molar-refractivity contribution in [3.8, 4) is 0 Å². The number of hydrogen-bond acceptors (Lipinski definition) is 5. The number of carbonyl (C=O) groups is 2. The number of nitrogens with zero attached hydrogens (tertiary/aromatic N) is 2. The first kappa shape index (κ1) is 18.2. The molecule has 0 unspecified atom stereocenters. The van der Waals surface area contributed by atoms with Gasteiger partial charge in [0.15, 0.2) is 18.9 Å². The molecule has 144 valence electrons. The van der Waals surface area contributed by atoms with E-state index in [0.29, 0.717) is 24.2 Å². The molecule has 1 amide bonds. The summed E-state index contributed by atoms with van der Waals surface area (Å²) >= 11 is 0. The fraction of sp³-hybridized carbons (Fsp3) is 0.286. The monoisotopic (exact) mass is 379 g/mol. The fourth-order valence-corrected chi connectivity index (χ4v) is 4.18. The van der Waals surface area contributed by atoms with Crippen molar-refractivity contribution in [3.05, 3.63) is 65.6 Å². The van der Waals surface area contributed by atoms with Gasteiger partial charge in [0.25, 0.3) is 0 Å². The number of hydrogen-bond donors (Lipinski definition) is 2. The molecule has 1 fully saturated rings. The van der Waals surface area contributed by atoms with Crippen LogP contribution in [0.4, 0.5) is 5.69 Å². The number of carboxylic acids is 1. The van der Waals surface area contributed by atoms with Crippen LogP contribution >= 0.6 is 0 Å². The van der Waals surface area contributed by atoms with Crippen molar-refractivity contribution in [2.75, 3.05) is 5.73 Å². The molecule has 4 rings (SSSR count). The third kappa shape index (κ3) is 2.93. The lowest BCUT2D eigenvalue weighted by molar-refractivity contribution is -0.687. The normalized spacial score (nSPS) is 22.1. The van der Waals surface area contributed by atoms with Crippen LogP contribution < -0.4 is 15.4 Å². The molecule has 2 aromatic rings. The molecule has 1 saturated heterocycles. The predicted molar refractivity (Wildman–Crippen MR) is 98.9 cm³/mol. The molecule has 3 heterocycles. The summed E-state index contributed by atoms with van der Waals surface area (Å²) in [6.45, 7) is 2.19. The largest absolute Gasteiger partial charge is 0.543 e. The lowest BCUT2D eigenvalue weighted by Crippen LogP contribution is -2.62. The van der Waals surface area contributed by atoms with Crippen LogP contribution in [0.3, 0.4) is 0 Å². The first-order valence-electron chi connectivity index (χ1n) is 9.16. The van der Waals surface area contributed by atoms with Gasteiger partial charge in [-0.05, 0) is 30.5 Å². The van der Waals surface area contributed by atoms with E-state index in [1.54, 1.807) is 6.92 Å². The second-order valence-corrected chi connectivity index (χ2v) is 7.37. The van der Waals surface area contributed by atoms with Gasteiger partial charge in [-0.3, -0.25) is 4.79 Å². The molecule has 0 radical (unpaired) electrons. The summed E-state index contributed by atoms with van der Waals surface area (Å²) in [5, 5.41) is 21.5. The molecule has 0 bridgehead atoms. The summed E-state index contributed by atoms with van der Waals surface area (Å²) in [4.78, 5) is 25.2. The van der Waals surface area contributed by atoms with Crippen LogP contribution in [0, 0.1) is 5.92 Å². The summed E-state index contributed by atoms with van der Waals surface area (Å²) in [5.74, 6) is -2.29. The predicted octanol–water partition coefficient (Wildman–Crippen LogP) is -0.323. The highest BCUT2D eigenvalue weighted by Gasteiger charge is 2.55. The molecular weight excluding hydrogens is 358 g/mol. The van der Waals surface area contributed by atoms with Crippen molar-refractivity contribution in [2.45, 2.75) is 32.0 Å². The maximum absolute atomic E-state index is 12.3. The Labute approximate surface area is 162 Å². The highest BCUT2D eigenvalue weighted by molar-refractivity contribution is 6.05. The van der Waals surface area contributed by atoms with Gasteiger partial charge in [0.2, 0.25) is 5.91 Å². The Morgan fingerprint density at radius 2 is 2.07 bits per heavy atom. The number of pyridine rings is 1. The topological polar surface area (TPSA) is 111 Å². The number of carbonyl (C=O) groups excluding carboxylic acids is 2. The van der Waals surface area contributed by atoms with Gasteiger partial charge in [0, 0.05) is 11.6 Å². The van der Waals surface area contributed by atoms with Crippen molar-refractivity contribution >= 4 is 23.1 Å². The van der Waals surface area contributed by atoms with Crippen LogP contribution in [0.15, 0.2) is 54.5 Å². The highest BCUT2D eigenvalue weighted by Crippen LogP contribution is 2.46. The lowest BCUT2D eigenvalue weighted by Gasteiger charge is -2.45. The van der Waals surface area contributed by atoms with Gasteiger partial charge < -0.3 is 25.6 Å². The molecule has 3 N–H and O–H groups in total. The molecule has 1 aromatic heterocycles. The van der Waals surface area contributed by atoms with Crippen LogP contribution in [0.2, 0.25) is 0 Å². The summed E-state index contributed by atoms with van der Waals surface area (Å²) < 4.78 is 1.96. The first-order chi connectivity index (χ1) is 13.4. The van der Waals surface area contributed by atoms with Gasteiger partial charge in [0.1, 0.15) is 0 Å². The van der Waals surface area contributed by atoms with E-state index >= 15 is 0 Å². The zero-order valence-corrected chi connectivity index (χ0v) is 15.4. The molecule has 7 nitrogen and oxygen atoms in total. The molecule has 7 heteroatoms. The highest BCUT2D eigenvalue weighted by atomic mass is 16.4. The van der Waals surface area contributed by atoms with Gasteiger partial charge in [0.05, 0.1) is 35.4 Å². The SMILES string of the molecule is C[C@@H](O)[C@H]1C(=O)N2C(C(=O)[O-])=C(c3ccc(C[n+]4cccc(N)c4)cc3)C[C@H]12. The van der Waals surface area contributed by atoms with Crippen LogP contribution in [0.1, 0.15) is 24.5 Å². The Kier molecular flexibility index (Phi) is 4.39. The summed E-state index contributed by atoms with van der Waals surface area (Å²) in [7, 11) is 0. The molecule has 0 aliphatic carbocycles. The molecular formula is C21H21N3O4. The van der Waals surface area contributed by atoms with Crippen molar-refractivity contribution in [1.29, 1.82) is 0 Å². The minimum atomic E-state index is -1.37. The number of aromatic nitrogens is 1. The summed E-state index contributed by atoms with van der Waals surface area (Å²) in [6, 6.07) is 10.9. The quantitative estimate of drug-likeness (QED) is 0.546. The Balaban J connectivity index is 1.60. The van der Waals surface area contributed by atoms with Crippen LogP contribution in [-0.4, -0.2) is 34.0 Å². The summed E-state index contributed by atoms with van der Waals surface area (Å²) in [5.41, 5.74) is 8.75. The molecule has 0 saturated carbocycles. The number of nitrogen functional groups attached to an aromatic ring is 1. The average molecular weight is 379 g/mol. The number of aliphatic carboxylic acids is 1. The van der Waals surface area contributed by atoms with E-state index in [2.05, 4.69) is 0 Å². The van der Waals surface area contributed by atoms with Gasteiger partial charge in [-0.2, -0.15) is 4.57 Å². The molecule has 2 aliphatic rings. The second-order valence-electron chi connectivity index (χ2n) is 7.37. The van der Waals surface area contributed by atoms with E-state index in [-0.39, 0.29) is 17.6 Å². The molecule has 28 heavy (non-hydrogen) atoms. The fourth-order valence-electron chi connectivity index (χ4n) is 4.18. The molecule has 3 atom stereocenters. The average Bonchev–Trinajstić information content (AvgIpc) is 2.97. The number of aliphatic hydroxyl groups excluding tert-OH is 1. The van der Waals surface area contributed by atoms with E-state index in [4.69, 9.17) is 5.73 Å². The van der Waals surface area contributed by atoms with Crippen molar-refractivity contribution in [1.82, 2.24) is 4.90 Å². The van der Waals surface area contributed by atoms with Crippen molar-refractivity contribution in [3.63, 3.8) is 0 Å². The molecule has 2 aliphatic heterocycles. The van der Waals surface area contributed by atoms with Gasteiger partial charge in [-0.15, -0.1) is 0 Å². The Morgan fingerprint density at radius 1 is 1.36 bits per heavy atom. The number of aliphatic hydroxyl groups is 1. The number of benzene rings is 1. The number of nitrogens with two attached hydrogens (primary N) is 1. The first-order valence-corrected chi connectivity index (χ1v) is 9.16. The Hall–Kier alpha value is -3.19. The second kappa shape index (κ2) is 6.76. The van der Waals surface area contributed by atoms with E-state index in [0.717, 1.165) is 11.1 Å². The Morgan fingerprint density at radius 3 is 2.68 bits per heavy atom. The van der Waals surface area contributed by atoms with E-state index in [1.807, 2.05) is 53.4 Å². The summed E-state index contributed by atoms with van der Waals surface area (Å²) in [6.07, 6.45) is 3.35. The van der Waals surface area contributed by atoms with Crippen LogP contribution in [-0.2, 0) is 16.1 Å². The van der Waals surface area contributed by atoms with Crippen molar-refractivity contribution < 1.29 is 24.4 Å². The number of rotatable bonds is 5. The van der Waals surface area contributed by atoms with E-state index in [1.165, 1.54) is 4.90 Å². The molecule has 1 aromatic carbocycles. The maximum Gasteiger partial charge on any atom is 0.235 e. The lowest BCUT2D eigenvalue weighted by atomic mass is 9.82. The van der Waals surface area contributed by atoms with Gasteiger partial charge in [-0.25, -0.2) is 0 Å². The van der Waals surface area contributed by atoms with E-state index in [9.17, 15) is 19.8 Å². The van der Waals surface area contributed by atoms with Crippen LogP contribution in [0.5, 0.6) is 0 Å². The van der Waals surface area contributed by atoms with Gasteiger partial charge >= 0.3 is 0 Å². The van der Waals surface area contributed by atoms with E-state index < -0.39 is 18.0 Å². The third-order valence-electron chi connectivity index (χ3n) is 5.47. The zero-order valence-electron chi connectivity index (χ0n) is 15.4. The third-order valence-corrected chi connectivity index (χ3v) is 5.47. The van der Waals surface area contributed by atoms with Crippen molar-refractivity contribution in [2.24, 2.45) is 5.92 Å². The van der Waals surface area contributed by atoms with Crippen LogP contribution in [0.25, 0.3) is 5.57 Å². The number of amides is 1. The smallest absolute Gasteiger partial charge is 0.235 e. The number of fused-ring (bicyclic) bond motifs is 1. The minimum Gasteiger partial charge on any atom is -0.543 e. The zero-order chi connectivity index (χ0) is 20.0. The number of anilines is 1. The standard InChI is InChI=1S/C21H21N3O4/c1-12(25)18-17-9-16(19(21(27)28)24(17)20(18)26)14-6-4-13(5-7-14)10-23-8-2-3-15(22)11-23/h2-8,11-12,17-18,25H,9-10,22H2,1H3/t12-,17-,18-/m1/s1. The number of β-lactam (4-membered cyclic amide) rings is 1. The Bertz CT molecular complexity index is 981.